The Balaban J connectivity index is 2.23. The van der Waals surface area contributed by atoms with E-state index in [4.69, 9.17) is 11.6 Å². The summed E-state index contributed by atoms with van der Waals surface area (Å²) in [6.07, 6.45) is -0.110. The number of amides is 2. The first kappa shape index (κ1) is 18.9. The number of halogens is 2. The largest absolute Gasteiger partial charge is 0.357 e. The second kappa shape index (κ2) is 8.62. The molecule has 2 aromatic carbocycles. The third kappa shape index (κ3) is 5.03. The van der Waals surface area contributed by atoms with Gasteiger partial charge in [-0.25, -0.2) is 4.39 Å². The Labute approximate surface area is 151 Å². The molecule has 0 aliphatic heterocycles. The van der Waals surface area contributed by atoms with Crippen LogP contribution in [-0.4, -0.2) is 29.8 Å². The fraction of sp³-hybridized carbons (Fsp3) is 0.263. The lowest BCUT2D eigenvalue weighted by Gasteiger charge is -2.28. The first-order valence-corrected chi connectivity index (χ1v) is 8.29. The summed E-state index contributed by atoms with van der Waals surface area (Å²) >= 11 is 5.88. The molecule has 0 fully saturated rings. The molecular formula is C19H20ClFN2O2. The van der Waals surface area contributed by atoms with Crippen molar-refractivity contribution in [3.05, 3.63) is 70.5 Å². The zero-order valence-electron chi connectivity index (χ0n) is 14.1. The van der Waals surface area contributed by atoms with Crippen LogP contribution in [0.1, 0.15) is 18.1 Å². The van der Waals surface area contributed by atoms with Crippen molar-refractivity contribution in [2.24, 2.45) is 0 Å². The van der Waals surface area contributed by atoms with Crippen LogP contribution in [0, 0.1) is 5.82 Å². The van der Waals surface area contributed by atoms with Crippen LogP contribution in [0.2, 0.25) is 5.02 Å². The van der Waals surface area contributed by atoms with Crippen LogP contribution in [0.3, 0.4) is 0 Å². The van der Waals surface area contributed by atoms with Crippen LogP contribution < -0.4 is 5.32 Å². The lowest BCUT2D eigenvalue weighted by atomic mass is 10.1. The molecular weight excluding hydrogens is 343 g/mol. The lowest BCUT2D eigenvalue weighted by molar-refractivity contribution is -0.139. The lowest BCUT2D eigenvalue weighted by Crippen LogP contribution is -2.47. The van der Waals surface area contributed by atoms with Crippen molar-refractivity contribution in [1.29, 1.82) is 0 Å². The van der Waals surface area contributed by atoms with Gasteiger partial charge in [0.1, 0.15) is 11.9 Å². The summed E-state index contributed by atoms with van der Waals surface area (Å²) in [5.74, 6) is -1.04. The van der Waals surface area contributed by atoms with Gasteiger partial charge in [-0.1, -0.05) is 41.9 Å². The van der Waals surface area contributed by atoms with Crippen molar-refractivity contribution in [2.75, 3.05) is 7.05 Å². The highest BCUT2D eigenvalue weighted by Crippen LogP contribution is 2.16. The smallest absolute Gasteiger partial charge is 0.242 e. The maximum absolute atomic E-state index is 13.8. The highest BCUT2D eigenvalue weighted by molar-refractivity contribution is 6.30. The third-order valence-electron chi connectivity index (χ3n) is 3.98. The Morgan fingerprint density at radius 3 is 2.40 bits per heavy atom. The quantitative estimate of drug-likeness (QED) is 0.858. The van der Waals surface area contributed by atoms with E-state index in [9.17, 15) is 14.0 Å². The van der Waals surface area contributed by atoms with Crippen molar-refractivity contribution in [3.8, 4) is 0 Å². The topological polar surface area (TPSA) is 49.4 Å². The fourth-order valence-corrected chi connectivity index (χ4v) is 2.61. The maximum Gasteiger partial charge on any atom is 0.242 e. The minimum absolute atomic E-state index is 0.110. The Morgan fingerprint density at radius 2 is 1.80 bits per heavy atom. The highest BCUT2D eigenvalue weighted by Gasteiger charge is 2.26. The van der Waals surface area contributed by atoms with Gasteiger partial charge in [0, 0.05) is 18.6 Å². The monoisotopic (exact) mass is 362 g/mol. The molecule has 0 radical (unpaired) electrons. The van der Waals surface area contributed by atoms with E-state index in [1.165, 1.54) is 18.0 Å². The molecule has 0 aliphatic carbocycles. The normalized spacial score (nSPS) is 11.7. The molecule has 132 valence electrons. The van der Waals surface area contributed by atoms with Gasteiger partial charge in [0.15, 0.2) is 0 Å². The number of benzene rings is 2. The Hall–Kier alpha value is -2.40. The van der Waals surface area contributed by atoms with Gasteiger partial charge in [-0.05, 0) is 36.2 Å². The number of carbonyl (C=O) groups excluding carboxylic acids is 2. The molecule has 0 bridgehead atoms. The summed E-state index contributed by atoms with van der Waals surface area (Å²) < 4.78 is 13.8. The predicted octanol–water partition coefficient (Wildman–Crippen LogP) is 3.18. The zero-order valence-corrected chi connectivity index (χ0v) is 14.9. The van der Waals surface area contributed by atoms with Gasteiger partial charge in [-0.2, -0.15) is 0 Å². The molecule has 0 heterocycles. The number of nitrogens with zero attached hydrogens (tertiary/aromatic N) is 1. The summed E-state index contributed by atoms with van der Waals surface area (Å²) in [5.41, 5.74) is 1.14. The number of hydrogen-bond acceptors (Lipinski definition) is 2. The molecule has 0 aromatic heterocycles. The van der Waals surface area contributed by atoms with E-state index in [1.807, 2.05) is 0 Å². The van der Waals surface area contributed by atoms with Crippen LogP contribution in [0.15, 0.2) is 48.5 Å². The van der Waals surface area contributed by atoms with E-state index in [-0.39, 0.29) is 24.8 Å². The van der Waals surface area contributed by atoms with Crippen molar-refractivity contribution in [3.63, 3.8) is 0 Å². The Morgan fingerprint density at radius 1 is 1.16 bits per heavy atom. The SMILES string of the molecule is CNC(=O)C(C)N(Cc1ccc(Cl)cc1)C(=O)Cc1ccccc1F. The number of hydrogen-bond donors (Lipinski definition) is 1. The summed E-state index contributed by atoms with van der Waals surface area (Å²) in [4.78, 5) is 26.2. The van der Waals surface area contributed by atoms with Crippen LogP contribution >= 0.6 is 11.6 Å². The van der Waals surface area contributed by atoms with Crippen LogP contribution in [-0.2, 0) is 22.6 Å². The molecule has 0 spiro atoms. The Kier molecular flexibility index (Phi) is 6.53. The van der Waals surface area contributed by atoms with Crippen LogP contribution in [0.5, 0.6) is 0 Å². The van der Waals surface area contributed by atoms with Crippen molar-refractivity contribution >= 4 is 23.4 Å². The van der Waals surface area contributed by atoms with E-state index >= 15 is 0 Å². The predicted molar refractivity (Wildman–Crippen MR) is 95.6 cm³/mol. The molecule has 2 aromatic rings. The Bertz CT molecular complexity index is 749. The van der Waals surface area contributed by atoms with E-state index in [0.29, 0.717) is 10.6 Å². The van der Waals surface area contributed by atoms with Gasteiger partial charge < -0.3 is 10.2 Å². The summed E-state index contributed by atoms with van der Waals surface area (Å²) in [6, 6.07) is 12.5. The van der Waals surface area contributed by atoms with Gasteiger partial charge in [-0.3, -0.25) is 9.59 Å². The molecule has 1 unspecified atom stereocenters. The molecule has 25 heavy (non-hydrogen) atoms. The standard InChI is InChI=1S/C19H20ClFN2O2/c1-13(19(25)22-2)23(12-14-7-9-16(20)10-8-14)18(24)11-15-5-3-4-6-17(15)21/h3-10,13H,11-12H2,1-2H3,(H,22,25). The van der Waals surface area contributed by atoms with Gasteiger partial charge in [-0.15, -0.1) is 0 Å². The van der Waals surface area contributed by atoms with Crippen LogP contribution in [0.4, 0.5) is 4.39 Å². The van der Waals surface area contributed by atoms with Crippen molar-refractivity contribution < 1.29 is 14.0 Å². The highest BCUT2D eigenvalue weighted by atomic mass is 35.5. The molecule has 1 N–H and O–H groups in total. The van der Waals surface area contributed by atoms with E-state index in [0.717, 1.165) is 5.56 Å². The molecule has 0 saturated heterocycles. The molecule has 2 amide bonds. The number of nitrogens with one attached hydrogen (secondary N) is 1. The molecule has 2 rings (SSSR count). The van der Waals surface area contributed by atoms with E-state index in [1.54, 1.807) is 49.4 Å². The van der Waals surface area contributed by atoms with Gasteiger partial charge in [0.25, 0.3) is 0 Å². The van der Waals surface area contributed by atoms with Gasteiger partial charge >= 0.3 is 0 Å². The maximum atomic E-state index is 13.8. The summed E-state index contributed by atoms with van der Waals surface area (Å²) in [7, 11) is 1.51. The average Bonchev–Trinajstić information content (AvgIpc) is 2.61. The second-order valence-corrected chi connectivity index (χ2v) is 6.14. The van der Waals surface area contributed by atoms with Crippen LogP contribution in [0.25, 0.3) is 0 Å². The third-order valence-corrected chi connectivity index (χ3v) is 4.23. The molecule has 4 nitrogen and oxygen atoms in total. The first-order valence-electron chi connectivity index (χ1n) is 7.91. The summed E-state index contributed by atoms with van der Waals surface area (Å²) in [5, 5.41) is 3.13. The second-order valence-electron chi connectivity index (χ2n) is 5.71. The molecule has 6 heteroatoms. The van der Waals surface area contributed by atoms with E-state index < -0.39 is 11.9 Å². The van der Waals surface area contributed by atoms with Gasteiger partial charge in [0.2, 0.25) is 11.8 Å². The summed E-state index contributed by atoms with van der Waals surface area (Å²) in [6.45, 7) is 1.88. The fourth-order valence-electron chi connectivity index (χ4n) is 2.48. The molecule has 1 atom stereocenters. The van der Waals surface area contributed by atoms with Gasteiger partial charge in [0.05, 0.1) is 6.42 Å². The van der Waals surface area contributed by atoms with Crippen molar-refractivity contribution in [2.45, 2.75) is 25.9 Å². The average molecular weight is 363 g/mol. The van der Waals surface area contributed by atoms with E-state index in [2.05, 4.69) is 5.32 Å². The minimum atomic E-state index is -0.681. The number of likely N-dealkylation sites (N-methyl/N-ethyl adjacent to an activating group) is 1. The molecule has 0 saturated carbocycles. The van der Waals surface area contributed by atoms with Crippen molar-refractivity contribution in [1.82, 2.24) is 10.2 Å². The number of carbonyl (C=O) groups is 2. The molecule has 0 aliphatic rings. The zero-order chi connectivity index (χ0) is 18.4. The minimum Gasteiger partial charge on any atom is -0.357 e. The number of rotatable bonds is 6. The first-order chi connectivity index (χ1) is 11.9.